The Bertz CT molecular complexity index is 862. The number of nitrogens with zero attached hydrogens (tertiary/aromatic N) is 3. The standard InChI is InChI=1S/C20H22N4O/c1-23-10-9-18(22-23)14-21-20(25)17-6-5-15-7-11-24(19-3-2-4-19)12-8-16(15)13-17/h2-6,9-10,13H,7-8,11-12,14H2,1H3,(H,21,25). The van der Waals surface area contributed by atoms with Gasteiger partial charge >= 0.3 is 0 Å². The summed E-state index contributed by atoms with van der Waals surface area (Å²) in [5.41, 5.74) is 5.56. The van der Waals surface area contributed by atoms with Crippen LogP contribution in [-0.4, -0.2) is 33.7 Å². The Morgan fingerprint density at radius 1 is 1.20 bits per heavy atom. The van der Waals surface area contributed by atoms with Crippen LogP contribution in [0.2, 0.25) is 0 Å². The minimum Gasteiger partial charge on any atom is -0.371 e. The van der Waals surface area contributed by atoms with Crippen molar-refractivity contribution in [3.63, 3.8) is 0 Å². The summed E-state index contributed by atoms with van der Waals surface area (Å²) < 4.78 is 1.74. The minimum absolute atomic E-state index is 0.0424. The number of nitrogens with one attached hydrogen (secondary N) is 1. The van der Waals surface area contributed by atoms with Crippen LogP contribution in [0.5, 0.6) is 0 Å². The van der Waals surface area contributed by atoms with Crippen molar-refractivity contribution in [1.29, 1.82) is 0 Å². The van der Waals surface area contributed by atoms with Crippen LogP contribution in [0.3, 0.4) is 0 Å². The van der Waals surface area contributed by atoms with E-state index in [4.69, 9.17) is 0 Å². The lowest BCUT2D eigenvalue weighted by molar-refractivity contribution is 0.0950. The maximum Gasteiger partial charge on any atom is 0.251 e. The van der Waals surface area contributed by atoms with E-state index in [0.29, 0.717) is 6.54 Å². The van der Waals surface area contributed by atoms with Crippen molar-refractivity contribution < 1.29 is 4.79 Å². The fourth-order valence-corrected chi connectivity index (χ4v) is 3.35. The van der Waals surface area contributed by atoms with Crippen LogP contribution in [0, 0.1) is 0 Å². The van der Waals surface area contributed by atoms with Crippen molar-refractivity contribution in [3.8, 4) is 0 Å². The van der Waals surface area contributed by atoms with Gasteiger partial charge in [-0.05, 0) is 54.3 Å². The lowest BCUT2D eigenvalue weighted by Gasteiger charge is -2.26. The molecule has 2 aliphatic rings. The number of rotatable bonds is 4. The summed E-state index contributed by atoms with van der Waals surface area (Å²) in [5, 5.41) is 7.24. The van der Waals surface area contributed by atoms with Gasteiger partial charge in [0.1, 0.15) is 0 Å². The number of allylic oxidation sites excluding steroid dienone is 3. The second kappa shape index (κ2) is 6.59. The number of aryl methyl sites for hydroxylation is 1. The van der Waals surface area contributed by atoms with E-state index in [-0.39, 0.29) is 5.91 Å². The zero-order valence-electron chi connectivity index (χ0n) is 14.4. The molecule has 1 N–H and O–H groups in total. The molecule has 5 nitrogen and oxygen atoms in total. The number of hydrogen-bond donors (Lipinski definition) is 1. The number of amides is 1. The van der Waals surface area contributed by atoms with Crippen LogP contribution < -0.4 is 5.32 Å². The highest BCUT2D eigenvalue weighted by molar-refractivity contribution is 5.94. The van der Waals surface area contributed by atoms with Gasteiger partial charge in [-0.25, -0.2) is 0 Å². The Morgan fingerprint density at radius 3 is 2.68 bits per heavy atom. The average Bonchev–Trinajstić information content (AvgIpc) is 2.87. The molecular weight excluding hydrogens is 312 g/mol. The molecule has 0 saturated carbocycles. The molecule has 0 fully saturated rings. The lowest BCUT2D eigenvalue weighted by Crippen LogP contribution is -2.26. The predicted molar refractivity (Wildman–Crippen MR) is 97.0 cm³/mol. The Hall–Kier alpha value is -2.82. The first-order chi connectivity index (χ1) is 12.2. The van der Waals surface area contributed by atoms with Gasteiger partial charge in [0.15, 0.2) is 0 Å². The number of carbonyl (C=O) groups excluding carboxylic acids is 1. The van der Waals surface area contributed by atoms with Crippen LogP contribution in [0.15, 0.2) is 54.4 Å². The second-order valence-electron chi connectivity index (χ2n) is 6.58. The van der Waals surface area contributed by atoms with E-state index < -0.39 is 0 Å². The van der Waals surface area contributed by atoms with Gasteiger partial charge in [0.05, 0.1) is 12.2 Å². The Balaban J connectivity index is 1.42. The molecule has 0 atom stereocenters. The smallest absolute Gasteiger partial charge is 0.251 e. The zero-order valence-corrected chi connectivity index (χ0v) is 14.4. The minimum atomic E-state index is -0.0424. The Labute approximate surface area is 147 Å². The van der Waals surface area contributed by atoms with Crippen LogP contribution in [0.1, 0.15) is 27.2 Å². The summed E-state index contributed by atoms with van der Waals surface area (Å²) in [6.45, 7) is 2.49. The van der Waals surface area contributed by atoms with E-state index >= 15 is 0 Å². The predicted octanol–water partition coefficient (Wildman–Crippen LogP) is 2.20. The highest BCUT2D eigenvalue weighted by atomic mass is 16.1. The molecule has 1 aliphatic carbocycles. The van der Waals surface area contributed by atoms with Crippen LogP contribution >= 0.6 is 0 Å². The maximum atomic E-state index is 12.5. The SMILES string of the molecule is Cn1ccc(CNC(=O)c2ccc3c(c2)CCN(C2=CC=C2)CC3)n1. The van der Waals surface area contributed by atoms with E-state index in [1.807, 2.05) is 25.4 Å². The van der Waals surface area contributed by atoms with Gasteiger partial charge in [-0.1, -0.05) is 12.1 Å². The van der Waals surface area contributed by atoms with Crippen molar-refractivity contribution in [2.45, 2.75) is 19.4 Å². The first-order valence-corrected chi connectivity index (χ1v) is 8.71. The van der Waals surface area contributed by atoms with Crippen LogP contribution in [0.4, 0.5) is 0 Å². The molecule has 4 rings (SSSR count). The molecule has 5 heteroatoms. The van der Waals surface area contributed by atoms with Crippen molar-refractivity contribution >= 4 is 5.91 Å². The largest absolute Gasteiger partial charge is 0.371 e. The average molecular weight is 334 g/mol. The summed E-state index contributed by atoms with van der Waals surface area (Å²) in [5.74, 6) is -0.0424. The molecule has 2 heterocycles. The molecule has 0 unspecified atom stereocenters. The summed E-state index contributed by atoms with van der Waals surface area (Å²) in [6.07, 6.45) is 10.3. The van der Waals surface area contributed by atoms with E-state index in [1.165, 1.54) is 16.8 Å². The molecule has 0 spiro atoms. The van der Waals surface area contributed by atoms with Crippen molar-refractivity contribution in [2.24, 2.45) is 7.05 Å². The van der Waals surface area contributed by atoms with Crippen LogP contribution in [-0.2, 0) is 26.4 Å². The van der Waals surface area contributed by atoms with Gasteiger partial charge in [-0.3, -0.25) is 9.48 Å². The van der Waals surface area contributed by atoms with Gasteiger partial charge in [-0.15, -0.1) is 0 Å². The fourth-order valence-electron chi connectivity index (χ4n) is 3.35. The third-order valence-corrected chi connectivity index (χ3v) is 4.87. The van der Waals surface area contributed by atoms with E-state index in [2.05, 4.69) is 45.7 Å². The fraction of sp³-hybridized carbons (Fsp3) is 0.300. The summed E-state index contributed by atoms with van der Waals surface area (Å²) in [6, 6.07) is 8.01. The van der Waals surface area contributed by atoms with Gasteiger partial charge in [0.2, 0.25) is 0 Å². The van der Waals surface area contributed by atoms with Gasteiger partial charge in [0.25, 0.3) is 5.91 Å². The topological polar surface area (TPSA) is 50.2 Å². The quantitative estimate of drug-likeness (QED) is 0.933. The number of carbonyl (C=O) groups is 1. The Morgan fingerprint density at radius 2 is 2.00 bits per heavy atom. The molecule has 2 aromatic rings. The molecule has 0 saturated heterocycles. The molecule has 25 heavy (non-hydrogen) atoms. The summed E-state index contributed by atoms with van der Waals surface area (Å²) >= 11 is 0. The molecule has 1 aromatic heterocycles. The van der Waals surface area contributed by atoms with Gasteiger partial charge in [0, 0.05) is 37.6 Å². The number of hydrogen-bond acceptors (Lipinski definition) is 3. The lowest BCUT2D eigenvalue weighted by atomic mass is 10.00. The highest BCUT2D eigenvalue weighted by Crippen LogP contribution is 2.22. The van der Waals surface area contributed by atoms with Crippen molar-refractivity contribution in [2.75, 3.05) is 13.1 Å². The molecule has 1 aliphatic heterocycles. The van der Waals surface area contributed by atoms with E-state index in [9.17, 15) is 4.79 Å². The van der Waals surface area contributed by atoms with Crippen LogP contribution in [0.25, 0.3) is 0 Å². The molecule has 0 bridgehead atoms. The highest BCUT2D eigenvalue weighted by Gasteiger charge is 2.17. The normalized spacial score (nSPS) is 15.9. The van der Waals surface area contributed by atoms with Crippen molar-refractivity contribution in [3.05, 3.63) is 76.8 Å². The number of benzene rings is 1. The van der Waals surface area contributed by atoms with Gasteiger partial charge in [-0.2, -0.15) is 5.10 Å². The van der Waals surface area contributed by atoms with Gasteiger partial charge < -0.3 is 10.2 Å². The Kier molecular flexibility index (Phi) is 4.14. The first-order valence-electron chi connectivity index (χ1n) is 8.71. The maximum absolute atomic E-state index is 12.5. The monoisotopic (exact) mass is 334 g/mol. The molecule has 128 valence electrons. The van der Waals surface area contributed by atoms with Crippen molar-refractivity contribution in [1.82, 2.24) is 20.0 Å². The zero-order chi connectivity index (χ0) is 17.2. The first kappa shape index (κ1) is 15.7. The summed E-state index contributed by atoms with van der Waals surface area (Å²) in [4.78, 5) is 14.9. The molecule has 1 amide bonds. The third kappa shape index (κ3) is 3.36. The number of aromatic nitrogens is 2. The second-order valence-corrected chi connectivity index (χ2v) is 6.58. The van der Waals surface area contributed by atoms with E-state index in [0.717, 1.165) is 37.2 Å². The summed E-state index contributed by atoms with van der Waals surface area (Å²) in [7, 11) is 1.87. The molecule has 1 aromatic carbocycles. The van der Waals surface area contributed by atoms with E-state index in [1.54, 1.807) is 4.68 Å². The number of fused-ring (bicyclic) bond motifs is 1. The molecular formula is C20H22N4O. The molecule has 0 radical (unpaired) electrons. The third-order valence-electron chi connectivity index (χ3n) is 4.87.